The SMILES string of the molecule is CCOC(=O)C1NC2C=CC1CC2. The Balaban J connectivity index is 2.02. The molecule has 2 bridgehead atoms. The first-order valence-electron chi connectivity index (χ1n) is 4.92. The molecular formula is C10H15NO2. The molecule has 0 saturated carbocycles. The number of piperidine rings is 1. The quantitative estimate of drug-likeness (QED) is 0.507. The number of ether oxygens (including phenoxy) is 1. The Labute approximate surface area is 78.1 Å². The van der Waals surface area contributed by atoms with Crippen LogP contribution in [0.25, 0.3) is 0 Å². The van der Waals surface area contributed by atoms with Crippen LogP contribution in [0.4, 0.5) is 0 Å². The van der Waals surface area contributed by atoms with E-state index in [1.54, 1.807) is 0 Å². The van der Waals surface area contributed by atoms with Crippen molar-refractivity contribution in [3.8, 4) is 0 Å². The van der Waals surface area contributed by atoms with Gasteiger partial charge >= 0.3 is 5.97 Å². The molecule has 0 aromatic heterocycles. The molecule has 2 heterocycles. The molecule has 0 radical (unpaired) electrons. The number of carbonyl (C=O) groups is 1. The average molecular weight is 181 g/mol. The Morgan fingerprint density at radius 1 is 1.54 bits per heavy atom. The summed E-state index contributed by atoms with van der Waals surface area (Å²) in [5.41, 5.74) is 0. The molecular weight excluding hydrogens is 166 g/mol. The monoisotopic (exact) mass is 181 g/mol. The molecule has 1 aliphatic carbocycles. The van der Waals surface area contributed by atoms with Gasteiger partial charge in [0.15, 0.2) is 0 Å². The Hall–Kier alpha value is -0.830. The highest BCUT2D eigenvalue weighted by molar-refractivity contribution is 5.77. The summed E-state index contributed by atoms with van der Waals surface area (Å²) < 4.78 is 5.00. The van der Waals surface area contributed by atoms with E-state index in [2.05, 4.69) is 17.5 Å². The van der Waals surface area contributed by atoms with Crippen LogP contribution >= 0.6 is 0 Å². The smallest absolute Gasteiger partial charge is 0.323 e. The van der Waals surface area contributed by atoms with Crippen molar-refractivity contribution < 1.29 is 9.53 Å². The summed E-state index contributed by atoms with van der Waals surface area (Å²) in [6.45, 7) is 2.31. The van der Waals surface area contributed by atoms with Crippen molar-refractivity contribution in [2.75, 3.05) is 6.61 Å². The predicted molar refractivity (Wildman–Crippen MR) is 49.2 cm³/mol. The molecule has 3 aliphatic rings. The first-order chi connectivity index (χ1) is 6.31. The largest absolute Gasteiger partial charge is 0.465 e. The van der Waals surface area contributed by atoms with E-state index >= 15 is 0 Å². The van der Waals surface area contributed by atoms with Crippen LogP contribution < -0.4 is 5.32 Å². The van der Waals surface area contributed by atoms with Crippen LogP contribution in [0.1, 0.15) is 19.8 Å². The van der Waals surface area contributed by atoms with Gasteiger partial charge < -0.3 is 4.74 Å². The number of esters is 1. The van der Waals surface area contributed by atoms with E-state index < -0.39 is 0 Å². The molecule has 3 nitrogen and oxygen atoms in total. The molecule has 2 aliphatic heterocycles. The van der Waals surface area contributed by atoms with E-state index in [1.807, 2.05) is 6.92 Å². The van der Waals surface area contributed by atoms with E-state index in [9.17, 15) is 4.79 Å². The highest BCUT2D eigenvalue weighted by atomic mass is 16.5. The number of carbonyl (C=O) groups excluding carboxylic acids is 1. The van der Waals surface area contributed by atoms with Gasteiger partial charge in [0.25, 0.3) is 0 Å². The molecule has 0 amide bonds. The van der Waals surface area contributed by atoms with Crippen molar-refractivity contribution in [3.63, 3.8) is 0 Å². The lowest BCUT2D eigenvalue weighted by atomic mass is 9.82. The lowest BCUT2D eigenvalue weighted by Crippen LogP contribution is -2.53. The van der Waals surface area contributed by atoms with Crippen molar-refractivity contribution in [3.05, 3.63) is 12.2 Å². The number of nitrogens with one attached hydrogen (secondary N) is 1. The van der Waals surface area contributed by atoms with Gasteiger partial charge in [0.05, 0.1) is 6.61 Å². The van der Waals surface area contributed by atoms with Crippen LogP contribution in [0.15, 0.2) is 12.2 Å². The highest BCUT2D eigenvalue weighted by Crippen LogP contribution is 2.27. The standard InChI is InChI=1S/C10H15NO2/c1-2-13-10(12)9-7-3-5-8(11-9)6-4-7/h3,5,7-9,11H,2,4,6H2,1H3. The molecule has 13 heavy (non-hydrogen) atoms. The third-order valence-corrected chi connectivity index (χ3v) is 2.76. The zero-order valence-corrected chi connectivity index (χ0v) is 7.82. The second kappa shape index (κ2) is 3.50. The second-order valence-corrected chi connectivity index (χ2v) is 3.63. The second-order valence-electron chi connectivity index (χ2n) is 3.63. The molecule has 0 aromatic carbocycles. The maximum Gasteiger partial charge on any atom is 0.323 e. The minimum Gasteiger partial charge on any atom is -0.465 e. The summed E-state index contributed by atoms with van der Waals surface area (Å²) in [6, 6.07) is 0.295. The first kappa shape index (κ1) is 8.75. The van der Waals surface area contributed by atoms with Crippen LogP contribution in [0, 0.1) is 5.92 Å². The molecule has 3 unspecified atom stereocenters. The van der Waals surface area contributed by atoms with E-state index in [0.29, 0.717) is 18.6 Å². The van der Waals surface area contributed by atoms with Gasteiger partial charge in [0.1, 0.15) is 6.04 Å². The number of fused-ring (bicyclic) bond motifs is 2. The van der Waals surface area contributed by atoms with Gasteiger partial charge in [-0.3, -0.25) is 10.1 Å². The van der Waals surface area contributed by atoms with Crippen molar-refractivity contribution in [2.24, 2.45) is 5.92 Å². The normalized spacial score (nSPS) is 36.2. The van der Waals surface area contributed by atoms with Crippen LogP contribution in [0.3, 0.4) is 0 Å². The predicted octanol–water partition coefficient (Wildman–Crippen LogP) is 0.856. The van der Waals surface area contributed by atoms with Gasteiger partial charge in [-0.1, -0.05) is 12.2 Å². The molecule has 3 rings (SSSR count). The maximum absolute atomic E-state index is 11.5. The summed E-state index contributed by atoms with van der Waals surface area (Å²) in [5, 5.41) is 3.28. The molecule has 3 heteroatoms. The van der Waals surface area contributed by atoms with Gasteiger partial charge in [-0.05, 0) is 19.8 Å². The van der Waals surface area contributed by atoms with Gasteiger partial charge in [-0.2, -0.15) is 0 Å². The average Bonchev–Trinajstić information content (AvgIpc) is 2.20. The van der Waals surface area contributed by atoms with Crippen LogP contribution in [-0.2, 0) is 9.53 Å². The lowest BCUT2D eigenvalue weighted by molar-refractivity contribution is -0.147. The summed E-state index contributed by atoms with van der Waals surface area (Å²) in [7, 11) is 0. The van der Waals surface area contributed by atoms with E-state index in [1.165, 1.54) is 0 Å². The van der Waals surface area contributed by atoms with Crippen molar-refractivity contribution in [2.45, 2.75) is 31.8 Å². The van der Waals surface area contributed by atoms with Crippen LogP contribution in [-0.4, -0.2) is 24.7 Å². The third kappa shape index (κ3) is 1.61. The van der Waals surface area contributed by atoms with E-state index in [-0.39, 0.29) is 12.0 Å². The van der Waals surface area contributed by atoms with Crippen molar-refractivity contribution >= 4 is 5.97 Å². The Morgan fingerprint density at radius 3 is 2.85 bits per heavy atom. The zero-order chi connectivity index (χ0) is 9.26. The number of rotatable bonds is 2. The maximum atomic E-state index is 11.5. The van der Waals surface area contributed by atoms with Crippen LogP contribution in [0.5, 0.6) is 0 Å². The Kier molecular flexibility index (Phi) is 2.36. The third-order valence-electron chi connectivity index (χ3n) is 2.76. The highest BCUT2D eigenvalue weighted by Gasteiger charge is 2.36. The topological polar surface area (TPSA) is 38.3 Å². The molecule has 0 aromatic rings. The van der Waals surface area contributed by atoms with Gasteiger partial charge in [-0.25, -0.2) is 0 Å². The number of hydrogen-bond donors (Lipinski definition) is 1. The molecule has 1 fully saturated rings. The Morgan fingerprint density at radius 2 is 2.38 bits per heavy atom. The molecule has 3 atom stereocenters. The number of hydrogen-bond acceptors (Lipinski definition) is 3. The summed E-state index contributed by atoms with van der Waals surface area (Å²) >= 11 is 0. The fourth-order valence-electron chi connectivity index (χ4n) is 2.09. The lowest BCUT2D eigenvalue weighted by Gasteiger charge is -2.37. The van der Waals surface area contributed by atoms with E-state index in [0.717, 1.165) is 12.8 Å². The summed E-state index contributed by atoms with van der Waals surface area (Å²) in [4.78, 5) is 11.5. The summed E-state index contributed by atoms with van der Waals surface area (Å²) in [6.07, 6.45) is 6.56. The minimum absolute atomic E-state index is 0.0938. The molecule has 1 saturated heterocycles. The first-order valence-corrected chi connectivity index (χ1v) is 4.92. The molecule has 0 spiro atoms. The van der Waals surface area contributed by atoms with Gasteiger partial charge in [-0.15, -0.1) is 0 Å². The van der Waals surface area contributed by atoms with Crippen molar-refractivity contribution in [1.82, 2.24) is 5.32 Å². The van der Waals surface area contributed by atoms with Crippen molar-refractivity contribution in [1.29, 1.82) is 0 Å². The van der Waals surface area contributed by atoms with Crippen LogP contribution in [0.2, 0.25) is 0 Å². The summed E-state index contributed by atoms with van der Waals surface area (Å²) in [5.74, 6) is 0.255. The minimum atomic E-state index is -0.0958. The van der Waals surface area contributed by atoms with Gasteiger partial charge in [0, 0.05) is 12.0 Å². The Bertz CT molecular complexity index is 237. The van der Waals surface area contributed by atoms with E-state index in [4.69, 9.17) is 4.74 Å². The zero-order valence-electron chi connectivity index (χ0n) is 7.82. The molecule has 1 N–H and O–H groups in total. The molecule has 72 valence electrons. The fourth-order valence-corrected chi connectivity index (χ4v) is 2.09. The van der Waals surface area contributed by atoms with Gasteiger partial charge in [0.2, 0.25) is 0 Å². The fraction of sp³-hybridized carbons (Fsp3) is 0.700.